The van der Waals surface area contributed by atoms with Crippen molar-refractivity contribution >= 4 is 71.9 Å². The highest BCUT2D eigenvalue weighted by Gasteiger charge is 2.38. The number of nitrogens with one attached hydrogen (secondary N) is 2. The Morgan fingerprint density at radius 3 is 2.41 bits per heavy atom. The van der Waals surface area contributed by atoms with Crippen LogP contribution >= 0.6 is 11.6 Å². The summed E-state index contributed by atoms with van der Waals surface area (Å²) in [5.41, 5.74) is 4.18. The van der Waals surface area contributed by atoms with E-state index in [-0.39, 0.29) is 40.9 Å². The van der Waals surface area contributed by atoms with Crippen LogP contribution < -0.4 is 24.4 Å². The molecule has 0 atom stereocenters. The number of para-hydroxylation sites is 1. The van der Waals surface area contributed by atoms with Gasteiger partial charge in [-0.15, -0.1) is 0 Å². The number of carbonyl (C=O) groups is 1. The SMILES string of the molecule is CCN(CCNS(C)(=O)=O)c1ccc(N=C(C(=O)Nc2cc(Cl)ccc2OC)C2=Nc3ccccc3S(=O)(=O)N2CCCCOc2ccc(C)cc2C)c(C)c1. The summed E-state index contributed by atoms with van der Waals surface area (Å²) in [6, 6.07) is 22.5. The summed E-state index contributed by atoms with van der Waals surface area (Å²) in [5.74, 6) is 0.196. The Bertz CT molecular complexity index is 2370. The van der Waals surface area contributed by atoms with Crippen LogP contribution in [0.5, 0.6) is 11.5 Å². The lowest BCUT2D eigenvalue weighted by molar-refractivity contribution is -0.110. The Morgan fingerprint density at radius 2 is 1.71 bits per heavy atom. The van der Waals surface area contributed by atoms with E-state index >= 15 is 0 Å². The molecule has 13 nitrogen and oxygen atoms in total. The van der Waals surface area contributed by atoms with Gasteiger partial charge in [0, 0.05) is 36.9 Å². The van der Waals surface area contributed by atoms with Crippen LogP contribution in [0.2, 0.25) is 5.02 Å². The molecule has 2 N–H and O–H groups in total. The minimum Gasteiger partial charge on any atom is -0.495 e. The summed E-state index contributed by atoms with van der Waals surface area (Å²) in [6.07, 6.45) is 2.01. The van der Waals surface area contributed by atoms with E-state index in [1.165, 1.54) is 19.2 Å². The second kappa shape index (κ2) is 18.3. The van der Waals surface area contributed by atoms with Crippen molar-refractivity contribution in [3.8, 4) is 11.5 Å². The average molecular weight is 823 g/mol. The highest BCUT2D eigenvalue weighted by atomic mass is 35.5. The summed E-state index contributed by atoms with van der Waals surface area (Å²) < 4.78 is 67.2. The molecule has 1 aliphatic heterocycles. The number of nitrogens with zero attached hydrogens (tertiary/aromatic N) is 4. The van der Waals surface area contributed by atoms with Gasteiger partial charge in [-0.25, -0.2) is 35.8 Å². The number of fused-ring (bicyclic) bond motifs is 1. The van der Waals surface area contributed by atoms with Crippen LogP contribution in [0.4, 0.5) is 22.7 Å². The van der Waals surface area contributed by atoms with E-state index < -0.39 is 26.0 Å². The smallest absolute Gasteiger partial charge is 0.278 e. The number of amides is 1. The number of carbonyl (C=O) groups excluding carboxylic acids is 1. The van der Waals surface area contributed by atoms with E-state index in [0.717, 1.165) is 33.1 Å². The number of halogens is 1. The van der Waals surface area contributed by atoms with Crippen molar-refractivity contribution in [2.45, 2.75) is 45.4 Å². The van der Waals surface area contributed by atoms with E-state index in [0.29, 0.717) is 54.6 Å². The van der Waals surface area contributed by atoms with E-state index in [1.54, 1.807) is 36.4 Å². The summed E-state index contributed by atoms with van der Waals surface area (Å²) in [6.45, 7) is 9.33. The number of likely N-dealkylation sites (N-methyl/N-ethyl adjacent to an activating group) is 1. The molecule has 0 radical (unpaired) electrons. The standard InChI is InChI=1S/C40H47ClN6O7S2/c1-7-46(22-20-42-55(6,49)50)31-16-17-32(28(3)25-31)43-38(40(48)45-34-26-30(41)15-19-36(34)53-5)39-44-33-12-8-9-13-37(33)56(51,52)47(39)21-10-11-23-54-35-18-14-27(2)24-29(35)4/h8-9,12-19,24-26,42H,7,10-11,20-23H2,1-6H3,(H,45,48). The number of sulfonamides is 2. The zero-order valence-corrected chi connectivity index (χ0v) is 34.7. The molecule has 4 aromatic rings. The monoisotopic (exact) mass is 822 g/mol. The second-order valence-corrected chi connectivity index (χ2v) is 17.4. The largest absolute Gasteiger partial charge is 0.495 e. The van der Waals surface area contributed by atoms with Crippen molar-refractivity contribution in [2.75, 3.05) is 56.4 Å². The van der Waals surface area contributed by atoms with Crippen molar-refractivity contribution < 1.29 is 31.1 Å². The normalized spacial score (nSPS) is 13.8. The van der Waals surface area contributed by atoms with Gasteiger partial charge in [0.25, 0.3) is 15.9 Å². The van der Waals surface area contributed by atoms with Crippen molar-refractivity contribution in [3.63, 3.8) is 0 Å². The molecule has 4 aromatic carbocycles. The molecule has 0 aliphatic carbocycles. The van der Waals surface area contributed by atoms with E-state index in [4.69, 9.17) is 31.1 Å². The molecular formula is C40H47ClN6O7S2. The minimum absolute atomic E-state index is 0.0105. The third-order valence-electron chi connectivity index (χ3n) is 8.98. The first-order valence-electron chi connectivity index (χ1n) is 18.1. The molecule has 0 aromatic heterocycles. The van der Waals surface area contributed by atoms with Gasteiger partial charge in [-0.1, -0.05) is 41.4 Å². The number of hydrogen-bond donors (Lipinski definition) is 2. The van der Waals surface area contributed by atoms with Crippen molar-refractivity contribution in [3.05, 3.63) is 101 Å². The van der Waals surface area contributed by atoms with Gasteiger partial charge in [0.1, 0.15) is 16.4 Å². The van der Waals surface area contributed by atoms with Gasteiger partial charge in [-0.05, 0) is 106 Å². The fourth-order valence-electron chi connectivity index (χ4n) is 6.15. The van der Waals surface area contributed by atoms with Gasteiger partial charge >= 0.3 is 0 Å². The molecule has 0 saturated carbocycles. The zero-order chi connectivity index (χ0) is 40.6. The molecule has 0 unspecified atom stereocenters. The Hall–Kier alpha value is -4.96. The lowest BCUT2D eigenvalue weighted by Gasteiger charge is -2.30. The van der Waals surface area contributed by atoms with Crippen LogP contribution in [0, 0.1) is 20.8 Å². The van der Waals surface area contributed by atoms with Gasteiger partial charge in [-0.2, -0.15) is 0 Å². The molecule has 298 valence electrons. The van der Waals surface area contributed by atoms with Gasteiger partial charge < -0.3 is 19.7 Å². The Labute approximate surface area is 334 Å². The van der Waals surface area contributed by atoms with Crippen molar-refractivity contribution in [2.24, 2.45) is 9.98 Å². The summed E-state index contributed by atoms with van der Waals surface area (Å²) in [5, 5.41) is 3.17. The van der Waals surface area contributed by atoms with E-state index in [1.807, 2.05) is 62.9 Å². The third-order valence-corrected chi connectivity index (χ3v) is 11.8. The lowest BCUT2D eigenvalue weighted by atomic mass is 10.1. The fourth-order valence-corrected chi connectivity index (χ4v) is 8.37. The van der Waals surface area contributed by atoms with Crippen LogP contribution in [-0.4, -0.2) is 84.7 Å². The van der Waals surface area contributed by atoms with E-state index in [9.17, 15) is 21.6 Å². The number of hydrogen-bond acceptors (Lipinski definition) is 10. The molecular weight excluding hydrogens is 776 g/mol. The first-order chi connectivity index (χ1) is 26.6. The molecule has 0 saturated heterocycles. The third kappa shape index (κ3) is 10.5. The fraction of sp³-hybridized carbons (Fsp3) is 0.325. The van der Waals surface area contributed by atoms with Crippen LogP contribution in [0.1, 0.15) is 36.5 Å². The highest BCUT2D eigenvalue weighted by Crippen LogP contribution is 2.35. The summed E-state index contributed by atoms with van der Waals surface area (Å²) in [4.78, 5) is 26.1. The molecule has 1 amide bonds. The summed E-state index contributed by atoms with van der Waals surface area (Å²) in [7, 11) is -6.10. The maximum atomic E-state index is 14.5. The molecule has 56 heavy (non-hydrogen) atoms. The number of aryl methyl sites for hydroxylation is 3. The first-order valence-corrected chi connectivity index (χ1v) is 21.8. The quantitative estimate of drug-likeness (QED) is 0.0855. The molecule has 1 heterocycles. The molecule has 0 bridgehead atoms. The first kappa shape index (κ1) is 42.2. The number of anilines is 2. The van der Waals surface area contributed by atoms with Crippen molar-refractivity contribution in [1.29, 1.82) is 0 Å². The van der Waals surface area contributed by atoms with Gasteiger partial charge in [-0.3, -0.25) is 4.79 Å². The predicted molar refractivity (Wildman–Crippen MR) is 224 cm³/mol. The number of ether oxygens (including phenoxy) is 2. The molecule has 16 heteroatoms. The van der Waals surface area contributed by atoms with Gasteiger partial charge in [0.15, 0.2) is 11.5 Å². The molecule has 0 spiro atoms. The molecule has 0 fully saturated rings. The lowest BCUT2D eigenvalue weighted by Crippen LogP contribution is -2.47. The Kier molecular flexibility index (Phi) is 13.8. The van der Waals surface area contributed by atoms with E-state index in [2.05, 4.69) is 10.0 Å². The minimum atomic E-state index is -4.20. The topological polar surface area (TPSA) is 159 Å². The second-order valence-electron chi connectivity index (χ2n) is 13.3. The number of unbranched alkanes of at least 4 members (excludes halogenated alkanes) is 1. The number of benzene rings is 4. The average Bonchev–Trinajstić information content (AvgIpc) is 3.14. The highest BCUT2D eigenvalue weighted by molar-refractivity contribution is 7.90. The Morgan fingerprint density at radius 1 is 0.964 bits per heavy atom. The maximum Gasteiger partial charge on any atom is 0.278 e. The van der Waals surface area contributed by atoms with Gasteiger partial charge in [0.05, 0.1) is 37.0 Å². The number of methoxy groups -OCH3 is 1. The molecule has 5 rings (SSSR count). The number of rotatable bonds is 17. The van der Waals surface area contributed by atoms with Crippen LogP contribution in [0.15, 0.2) is 93.7 Å². The van der Waals surface area contributed by atoms with Crippen LogP contribution in [-0.2, 0) is 24.8 Å². The maximum absolute atomic E-state index is 14.5. The number of aliphatic imine (C=N–C) groups is 2. The predicted octanol–water partition coefficient (Wildman–Crippen LogP) is 6.95. The zero-order valence-electron chi connectivity index (χ0n) is 32.3. The Balaban J connectivity index is 1.54. The summed E-state index contributed by atoms with van der Waals surface area (Å²) >= 11 is 6.30. The van der Waals surface area contributed by atoms with Crippen LogP contribution in [0.3, 0.4) is 0 Å². The van der Waals surface area contributed by atoms with Crippen molar-refractivity contribution in [1.82, 2.24) is 9.03 Å². The van der Waals surface area contributed by atoms with Crippen LogP contribution in [0.25, 0.3) is 0 Å². The van der Waals surface area contributed by atoms with Gasteiger partial charge in [0.2, 0.25) is 10.0 Å². The molecule has 1 aliphatic rings. The number of amidine groups is 1.